The van der Waals surface area contributed by atoms with Gasteiger partial charge in [-0.05, 0) is 51.8 Å². The highest BCUT2D eigenvalue weighted by molar-refractivity contribution is 6.71. The molecule has 0 aromatic rings. The number of allylic oxidation sites excluding steroid dienone is 2. The predicted octanol–water partition coefficient (Wildman–Crippen LogP) is 4.11. The van der Waals surface area contributed by atoms with Gasteiger partial charge in [-0.15, -0.1) is 6.58 Å². The van der Waals surface area contributed by atoms with Gasteiger partial charge in [0.15, 0.2) is 0 Å². The van der Waals surface area contributed by atoms with Crippen molar-refractivity contribution in [3.05, 3.63) is 24.7 Å². The molecule has 0 aromatic heterocycles. The van der Waals surface area contributed by atoms with E-state index in [1.165, 1.54) is 0 Å². The zero-order valence-corrected chi connectivity index (χ0v) is 12.9. The summed E-state index contributed by atoms with van der Waals surface area (Å²) in [5.41, 5.74) is 0. The summed E-state index contributed by atoms with van der Waals surface area (Å²) in [6.07, 6.45) is 4.62. The van der Waals surface area contributed by atoms with Gasteiger partial charge in [0.2, 0.25) is 22.6 Å². The van der Waals surface area contributed by atoms with Crippen molar-refractivity contribution in [2.75, 3.05) is 0 Å². The minimum absolute atomic E-state index is 0.702. The molecule has 0 rings (SSSR count). The Morgan fingerprint density at radius 3 is 1.67 bits per heavy atom. The topological polar surface area (TPSA) is 18.5 Å². The van der Waals surface area contributed by atoms with Crippen LogP contribution in [-0.4, -0.2) is 16.6 Å². The van der Waals surface area contributed by atoms with Crippen molar-refractivity contribution >= 4 is 16.6 Å². The quantitative estimate of drug-likeness (QED) is 0.398. The van der Waals surface area contributed by atoms with Crippen molar-refractivity contribution in [3.8, 4) is 0 Å². The lowest BCUT2D eigenvalue weighted by Gasteiger charge is -2.27. The van der Waals surface area contributed by atoms with E-state index in [-0.39, 0.29) is 0 Å². The van der Waals surface area contributed by atoms with Crippen molar-refractivity contribution in [2.24, 2.45) is 0 Å². The summed E-state index contributed by atoms with van der Waals surface area (Å²) in [5, 5.41) is 0. The SMILES string of the molecule is C=CCC=C(O[Si](C)(C)C)O[Si](C)(C)C. The average Bonchev–Trinajstić information content (AvgIpc) is 1.94. The first-order chi connectivity index (χ1) is 6.64. The Labute approximate surface area is 96.2 Å². The van der Waals surface area contributed by atoms with Gasteiger partial charge in [-0.25, -0.2) is 0 Å². The Morgan fingerprint density at radius 1 is 1.00 bits per heavy atom. The van der Waals surface area contributed by atoms with Gasteiger partial charge in [-0.2, -0.15) is 0 Å². The zero-order chi connectivity index (χ0) is 12.1. The third-order valence-electron chi connectivity index (χ3n) is 1.26. The summed E-state index contributed by atoms with van der Waals surface area (Å²) in [6, 6.07) is 0. The third kappa shape index (κ3) is 9.81. The van der Waals surface area contributed by atoms with Gasteiger partial charge < -0.3 is 8.85 Å². The van der Waals surface area contributed by atoms with Crippen LogP contribution in [0.4, 0.5) is 0 Å². The Hall–Kier alpha value is -0.486. The first kappa shape index (κ1) is 14.5. The van der Waals surface area contributed by atoms with Gasteiger partial charge in [0, 0.05) is 0 Å². The van der Waals surface area contributed by atoms with Crippen LogP contribution >= 0.6 is 0 Å². The molecule has 4 heteroatoms. The fourth-order valence-corrected chi connectivity index (χ4v) is 2.43. The molecule has 15 heavy (non-hydrogen) atoms. The van der Waals surface area contributed by atoms with Crippen molar-refractivity contribution in [1.29, 1.82) is 0 Å². The second-order valence-electron chi connectivity index (χ2n) is 5.48. The minimum atomic E-state index is -1.58. The Kier molecular flexibility index (Phi) is 5.38. The number of hydrogen-bond donors (Lipinski definition) is 0. The Bertz CT molecular complexity index is 216. The summed E-state index contributed by atoms with van der Waals surface area (Å²) < 4.78 is 11.8. The standard InChI is InChI=1S/C11H24O2Si2/c1-8-9-10-11(12-14(2,3)4)13-15(5,6)7/h8,10H,1,9H2,2-7H3. The largest absolute Gasteiger partial charge is 0.521 e. The molecule has 0 aliphatic rings. The van der Waals surface area contributed by atoms with Crippen molar-refractivity contribution in [2.45, 2.75) is 45.7 Å². The van der Waals surface area contributed by atoms with Crippen molar-refractivity contribution in [3.63, 3.8) is 0 Å². The van der Waals surface area contributed by atoms with Crippen molar-refractivity contribution < 1.29 is 8.85 Å². The molecule has 0 fully saturated rings. The van der Waals surface area contributed by atoms with E-state index in [2.05, 4.69) is 45.9 Å². The second kappa shape index (κ2) is 5.56. The number of rotatable bonds is 6. The van der Waals surface area contributed by atoms with Gasteiger partial charge in [0.05, 0.1) is 0 Å². The molecule has 0 saturated heterocycles. The average molecular weight is 244 g/mol. The lowest BCUT2D eigenvalue weighted by Crippen LogP contribution is -2.31. The molecule has 0 radical (unpaired) electrons. The molecule has 2 nitrogen and oxygen atoms in total. The summed E-state index contributed by atoms with van der Waals surface area (Å²) in [4.78, 5) is 0. The monoisotopic (exact) mass is 244 g/mol. The van der Waals surface area contributed by atoms with E-state index in [0.717, 1.165) is 6.42 Å². The number of hydrogen-bond acceptors (Lipinski definition) is 2. The van der Waals surface area contributed by atoms with E-state index in [1.54, 1.807) is 0 Å². The highest BCUT2D eigenvalue weighted by Gasteiger charge is 2.23. The molecule has 88 valence electrons. The summed E-state index contributed by atoms with van der Waals surface area (Å²) in [6.45, 7) is 16.6. The Balaban J connectivity index is 4.53. The Morgan fingerprint density at radius 2 is 1.40 bits per heavy atom. The zero-order valence-electron chi connectivity index (χ0n) is 10.9. The molecule has 0 spiro atoms. The minimum Gasteiger partial charge on any atom is -0.521 e. The summed E-state index contributed by atoms with van der Waals surface area (Å²) >= 11 is 0. The molecule has 0 aliphatic heterocycles. The maximum Gasteiger partial charge on any atom is 0.247 e. The smallest absolute Gasteiger partial charge is 0.247 e. The van der Waals surface area contributed by atoms with Gasteiger partial charge in [-0.3, -0.25) is 0 Å². The first-order valence-corrected chi connectivity index (χ1v) is 12.1. The fourth-order valence-electron chi connectivity index (χ4n) is 0.887. The predicted molar refractivity (Wildman–Crippen MR) is 71.8 cm³/mol. The summed E-state index contributed by atoms with van der Waals surface area (Å²) in [5.74, 6) is 0.702. The van der Waals surface area contributed by atoms with E-state index in [9.17, 15) is 0 Å². The lowest BCUT2D eigenvalue weighted by molar-refractivity contribution is 0.215. The molecule has 0 atom stereocenters. The molecular weight excluding hydrogens is 220 g/mol. The highest BCUT2D eigenvalue weighted by Crippen LogP contribution is 2.17. The van der Waals surface area contributed by atoms with E-state index in [4.69, 9.17) is 8.85 Å². The van der Waals surface area contributed by atoms with Crippen LogP contribution in [0.5, 0.6) is 0 Å². The van der Waals surface area contributed by atoms with Gasteiger partial charge >= 0.3 is 0 Å². The molecule has 0 aromatic carbocycles. The third-order valence-corrected chi connectivity index (χ3v) is 2.89. The molecule has 0 bridgehead atoms. The highest BCUT2D eigenvalue weighted by atomic mass is 28.4. The van der Waals surface area contributed by atoms with Crippen LogP contribution in [0.2, 0.25) is 39.3 Å². The van der Waals surface area contributed by atoms with Crippen LogP contribution in [0.3, 0.4) is 0 Å². The van der Waals surface area contributed by atoms with E-state index in [1.807, 2.05) is 12.2 Å². The molecule has 0 saturated carbocycles. The van der Waals surface area contributed by atoms with Gasteiger partial charge in [-0.1, -0.05) is 6.08 Å². The normalized spacial score (nSPS) is 11.9. The van der Waals surface area contributed by atoms with Crippen LogP contribution in [0.1, 0.15) is 6.42 Å². The van der Waals surface area contributed by atoms with Crippen LogP contribution in [0.15, 0.2) is 24.7 Å². The van der Waals surface area contributed by atoms with Crippen LogP contribution in [-0.2, 0) is 8.85 Å². The van der Waals surface area contributed by atoms with Gasteiger partial charge in [0.25, 0.3) is 0 Å². The van der Waals surface area contributed by atoms with Crippen LogP contribution < -0.4 is 0 Å². The molecule has 0 amide bonds. The molecule has 0 N–H and O–H groups in total. The second-order valence-corrected chi connectivity index (χ2v) is 14.3. The van der Waals surface area contributed by atoms with Crippen LogP contribution in [0, 0.1) is 0 Å². The van der Waals surface area contributed by atoms with Crippen LogP contribution in [0.25, 0.3) is 0 Å². The van der Waals surface area contributed by atoms with Crippen molar-refractivity contribution in [1.82, 2.24) is 0 Å². The first-order valence-electron chi connectivity index (χ1n) is 5.33. The van der Waals surface area contributed by atoms with E-state index >= 15 is 0 Å². The van der Waals surface area contributed by atoms with E-state index in [0.29, 0.717) is 5.95 Å². The van der Waals surface area contributed by atoms with Gasteiger partial charge in [0.1, 0.15) is 0 Å². The molecular formula is C11H24O2Si2. The van der Waals surface area contributed by atoms with E-state index < -0.39 is 16.6 Å². The molecule has 0 aliphatic carbocycles. The lowest BCUT2D eigenvalue weighted by atomic mass is 10.4. The maximum absolute atomic E-state index is 5.88. The fraction of sp³-hybridized carbons (Fsp3) is 0.636. The molecule has 0 unspecified atom stereocenters. The summed E-state index contributed by atoms with van der Waals surface area (Å²) in [7, 11) is -3.15. The maximum atomic E-state index is 5.88. The molecule has 0 heterocycles.